The van der Waals surface area contributed by atoms with Gasteiger partial charge in [-0.3, -0.25) is 9.89 Å². The average molecular weight is 312 g/mol. The van der Waals surface area contributed by atoms with Crippen molar-refractivity contribution in [2.24, 2.45) is 0 Å². The van der Waals surface area contributed by atoms with E-state index in [2.05, 4.69) is 20.5 Å². The van der Waals surface area contributed by atoms with Crippen LogP contribution in [0.5, 0.6) is 0 Å². The molecule has 7 heteroatoms. The van der Waals surface area contributed by atoms with Gasteiger partial charge in [-0.1, -0.05) is 18.2 Å². The maximum atomic E-state index is 12.4. The number of fused-ring (bicyclic) bond motifs is 1. The Bertz CT molecular complexity index is 841. The molecule has 1 aromatic carbocycles. The molecule has 7 nitrogen and oxygen atoms in total. The van der Waals surface area contributed by atoms with Crippen LogP contribution in [0.3, 0.4) is 0 Å². The molecule has 1 atom stereocenters. The Morgan fingerprint density at radius 1 is 1.26 bits per heavy atom. The van der Waals surface area contributed by atoms with E-state index >= 15 is 0 Å². The van der Waals surface area contributed by atoms with Crippen molar-refractivity contribution in [2.45, 2.75) is 19.9 Å². The first-order chi connectivity index (χ1) is 11.0. The van der Waals surface area contributed by atoms with Gasteiger partial charge in [0.2, 0.25) is 0 Å². The summed E-state index contributed by atoms with van der Waals surface area (Å²) in [5.41, 5.74) is 2.78. The SMILES string of the molecule is Cc1n[nH]c(C)c1[C@@H](NC(=O)c1cc2ccccc2[nH]1)C(=O)O. The number of nitrogens with zero attached hydrogens (tertiary/aromatic N) is 1. The molecule has 2 heterocycles. The van der Waals surface area contributed by atoms with Crippen LogP contribution in [0.1, 0.15) is 33.5 Å². The number of aliphatic carboxylic acids is 1. The molecule has 0 spiro atoms. The van der Waals surface area contributed by atoms with Gasteiger partial charge >= 0.3 is 5.97 Å². The predicted molar refractivity (Wildman–Crippen MR) is 84.2 cm³/mol. The van der Waals surface area contributed by atoms with Crippen LogP contribution in [0.2, 0.25) is 0 Å². The van der Waals surface area contributed by atoms with Crippen molar-refractivity contribution < 1.29 is 14.7 Å². The number of hydrogen-bond donors (Lipinski definition) is 4. The highest BCUT2D eigenvalue weighted by Gasteiger charge is 2.28. The van der Waals surface area contributed by atoms with Crippen molar-refractivity contribution >= 4 is 22.8 Å². The Labute approximate surface area is 131 Å². The number of aromatic amines is 2. The summed E-state index contributed by atoms with van der Waals surface area (Å²) in [5.74, 6) is -1.62. The third-order valence-electron chi connectivity index (χ3n) is 3.77. The second kappa shape index (κ2) is 5.60. The fourth-order valence-electron chi connectivity index (χ4n) is 2.65. The van der Waals surface area contributed by atoms with Crippen molar-refractivity contribution in [3.63, 3.8) is 0 Å². The molecule has 0 fully saturated rings. The number of carbonyl (C=O) groups excluding carboxylic acids is 1. The molecular formula is C16H16N4O3. The third kappa shape index (κ3) is 2.68. The molecule has 0 radical (unpaired) electrons. The molecule has 0 aliphatic carbocycles. The van der Waals surface area contributed by atoms with Crippen molar-refractivity contribution in [1.82, 2.24) is 20.5 Å². The molecule has 4 N–H and O–H groups in total. The van der Waals surface area contributed by atoms with Crippen molar-refractivity contribution in [3.8, 4) is 0 Å². The Kier molecular flexibility index (Phi) is 3.61. The molecule has 1 amide bonds. The third-order valence-corrected chi connectivity index (χ3v) is 3.77. The summed E-state index contributed by atoms with van der Waals surface area (Å²) >= 11 is 0. The van der Waals surface area contributed by atoms with Gasteiger partial charge in [0.05, 0.1) is 5.69 Å². The van der Waals surface area contributed by atoms with Gasteiger partial charge in [-0.25, -0.2) is 4.79 Å². The van der Waals surface area contributed by atoms with Gasteiger partial charge in [0.25, 0.3) is 5.91 Å². The topological polar surface area (TPSA) is 111 Å². The first-order valence-corrected chi connectivity index (χ1v) is 7.10. The standard InChI is InChI=1S/C16H16N4O3/c1-8-13(9(2)20-19-8)14(16(22)23)18-15(21)12-7-10-5-3-4-6-11(10)17-12/h3-7,14,17H,1-2H3,(H,18,21)(H,19,20)(H,22,23)/t14-/m1/s1. The molecule has 118 valence electrons. The highest BCUT2D eigenvalue weighted by molar-refractivity contribution is 5.99. The summed E-state index contributed by atoms with van der Waals surface area (Å²) in [6.45, 7) is 3.42. The van der Waals surface area contributed by atoms with Gasteiger partial charge in [0, 0.05) is 22.2 Å². The second-order valence-electron chi connectivity index (χ2n) is 5.36. The normalized spacial score (nSPS) is 12.3. The first kappa shape index (κ1) is 14.8. The maximum Gasteiger partial charge on any atom is 0.331 e. The minimum Gasteiger partial charge on any atom is -0.479 e. The van der Waals surface area contributed by atoms with E-state index in [-0.39, 0.29) is 0 Å². The lowest BCUT2D eigenvalue weighted by atomic mass is 10.0. The van der Waals surface area contributed by atoms with Crippen LogP contribution in [0.4, 0.5) is 0 Å². The second-order valence-corrected chi connectivity index (χ2v) is 5.36. The van der Waals surface area contributed by atoms with Crippen LogP contribution in [0.25, 0.3) is 10.9 Å². The molecule has 23 heavy (non-hydrogen) atoms. The zero-order valence-electron chi connectivity index (χ0n) is 12.7. The smallest absolute Gasteiger partial charge is 0.331 e. The van der Waals surface area contributed by atoms with E-state index in [1.807, 2.05) is 24.3 Å². The van der Waals surface area contributed by atoms with E-state index in [0.717, 1.165) is 10.9 Å². The van der Waals surface area contributed by atoms with Crippen LogP contribution in [-0.2, 0) is 4.79 Å². The Morgan fingerprint density at radius 2 is 2.00 bits per heavy atom. The molecule has 0 saturated carbocycles. The highest BCUT2D eigenvalue weighted by atomic mass is 16.4. The summed E-state index contributed by atoms with van der Waals surface area (Å²) in [4.78, 5) is 27.0. The van der Waals surface area contributed by atoms with E-state index in [4.69, 9.17) is 0 Å². The lowest BCUT2D eigenvalue weighted by Gasteiger charge is -2.14. The van der Waals surface area contributed by atoms with Crippen molar-refractivity contribution in [3.05, 3.63) is 53.0 Å². The van der Waals surface area contributed by atoms with Crippen LogP contribution in [0, 0.1) is 13.8 Å². The zero-order chi connectivity index (χ0) is 16.6. The Morgan fingerprint density at radius 3 is 2.61 bits per heavy atom. The molecule has 0 aliphatic rings. The number of carboxylic acids is 1. The molecule has 0 bridgehead atoms. The summed E-state index contributed by atoms with van der Waals surface area (Å²) in [6, 6.07) is 7.99. The van der Waals surface area contributed by atoms with E-state index < -0.39 is 17.9 Å². The monoisotopic (exact) mass is 312 g/mol. The van der Waals surface area contributed by atoms with Gasteiger partial charge in [0.15, 0.2) is 6.04 Å². The Hall–Kier alpha value is -3.09. The average Bonchev–Trinajstić information content (AvgIpc) is 3.08. The van der Waals surface area contributed by atoms with Crippen molar-refractivity contribution in [2.75, 3.05) is 0 Å². The van der Waals surface area contributed by atoms with Crippen LogP contribution in [-0.4, -0.2) is 32.2 Å². The number of carboxylic acid groups (broad SMARTS) is 1. The van der Waals surface area contributed by atoms with E-state index in [1.165, 1.54) is 0 Å². The van der Waals surface area contributed by atoms with Crippen LogP contribution in [0.15, 0.2) is 30.3 Å². The fourth-order valence-corrected chi connectivity index (χ4v) is 2.65. The van der Waals surface area contributed by atoms with Crippen LogP contribution < -0.4 is 5.32 Å². The highest BCUT2D eigenvalue weighted by Crippen LogP contribution is 2.21. The summed E-state index contributed by atoms with van der Waals surface area (Å²) in [5, 5.41) is 19.6. The minimum absolute atomic E-state index is 0.316. The van der Waals surface area contributed by atoms with E-state index in [0.29, 0.717) is 22.6 Å². The summed E-state index contributed by atoms with van der Waals surface area (Å²) in [7, 11) is 0. The number of amides is 1. The van der Waals surface area contributed by atoms with Crippen LogP contribution >= 0.6 is 0 Å². The van der Waals surface area contributed by atoms with Gasteiger partial charge in [-0.05, 0) is 26.0 Å². The molecule has 0 saturated heterocycles. The lowest BCUT2D eigenvalue weighted by Crippen LogP contribution is -2.34. The van der Waals surface area contributed by atoms with Crippen molar-refractivity contribution in [1.29, 1.82) is 0 Å². The molecule has 2 aromatic heterocycles. The molecule has 0 unspecified atom stereocenters. The number of rotatable bonds is 4. The van der Waals surface area contributed by atoms with Gasteiger partial charge in [-0.15, -0.1) is 0 Å². The number of para-hydroxylation sites is 1. The molecule has 3 rings (SSSR count). The molecule has 3 aromatic rings. The lowest BCUT2D eigenvalue weighted by molar-refractivity contribution is -0.139. The summed E-state index contributed by atoms with van der Waals surface area (Å²) in [6.07, 6.45) is 0. The van der Waals surface area contributed by atoms with Gasteiger partial charge < -0.3 is 15.4 Å². The first-order valence-electron chi connectivity index (χ1n) is 7.10. The number of aromatic nitrogens is 3. The van der Waals surface area contributed by atoms with Gasteiger partial charge in [-0.2, -0.15) is 5.10 Å². The number of carbonyl (C=O) groups is 2. The van der Waals surface area contributed by atoms with Gasteiger partial charge in [0.1, 0.15) is 5.69 Å². The predicted octanol–water partition coefficient (Wildman–Crippen LogP) is 2.06. The fraction of sp³-hybridized carbons (Fsp3) is 0.188. The number of H-pyrrole nitrogens is 2. The number of nitrogens with one attached hydrogen (secondary N) is 3. The maximum absolute atomic E-state index is 12.4. The Balaban J connectivity index is 1.91. The number of aryl methyl sites for hydroxylation is 2. The van der Waals surface area contributed by atoms with E-state index in [1.54, 1.807) is 19.9 Å². The minimum atomic E-state index is -1.16. The molecule has 0 aliphatic heterocycles. The molecular weight excluding hydrogens is 296 g/mol. The summed E-state index contributed by atoms with van der Waals surface area (Å²) < 4.78 is 0. The largest absolute Gasteiger partial charge is 0.479 e. The quantitative estimate of drug-likeness (QED) is 0.591. The number of hydrogen-bond acceptors (Lipinski definition) is 3. The zero-order valence-corrected chi connectivity index (χ0v) is 12.7. The number of benzene rings is 1. The van der Waals surface area contributed by atoms with E-state index in [9.17, 15) is 14.7 Å².